The third-order valence-corrected chi connectivity index (χ3v) is 4.39. The number of rotatable bonds is 3. The number of aromatic nitrogens is 1. The van der Waals surface area contributed by atoms with Crippen molar-refractivity contribution in [2.75, 3.05) is 5.32 Å². The Balaban J connectivity index is 1.79. The lowest BCUT2D eigenvalue weighted by molar-refractivity contribution is 0.571. The third-order valence-electron chi connectivity index (χ3n) is 3.54. The Morgan fingerprint density at radius 3 is 2.57 bits per heavy atom. The smallest absolute Gasteiger partial charge is 0.112 e. The van der Waals surface area contributed by atoms with Gasteiger partial charge in [-0.3, -0.25) is 0 Å². The molecule has 0 saturated carbocycles. The summed E-state index contributed by atoms with van der Waals surface area (Å²) in [4.78, 5) is 4.73. The summed E-state index contributed by atoms with van der Waals surface area (Å²) in [6, 6.07) is 14.8. The van der Waals surface area contributed by atoms with Crippen LogP contribution in [0.15, 0.2) is 47.8 Å². The maximum atomic E-state index is 4.73. The molecule has 3 heteroatoms. The van der Waals surface area contributed by atoms with Gasteiger partial charge in [-0.2, -0.15) is 0 Å². The van der Waals surface area contributed by atoms with E-state index in [2.05, 4.69) is 73.9 Å². The summed E-state index contributed by atoms with van der Waals surface area (Å²) in [7, 11) is 0. The van der Waals surface area contributed by atoms with E-state index in [1.165, 1.54) is 22.2 Å². The molecule has 1 N–H and O–H groups in total. The first kappa shape index (κ1) is 14.1. The largest absolute Gasteiger partial charge is 0.378 e. The molecule has 0 unspecified atom stereocenters. The van der Waals surface area contributed by atoms with Crippen LogP contribution in [0.5, 0.6) is 0 Å². The summed E-state index contributed by atoms with van der Waals surface area (Å²) < 4.78 is 0. The molecule has 2 nitrogen and oxygen atoms in total. The fourth-order valence-corrected chi connectivity index (χ4v) is 3.25. The summed E-state index contributed by atoms with van der Waals surface area (Å²) in [5, 5.41) is 9.33. The highest BCUT2D eigenvalue weighted by atomic mass is 32.1. The standard InChI is InChI=1S/C18H20N2S/c1-18(2,3)16-12-21-17(20-16)11-19-15-10-6-8-13-7-4-5-9-14(13)15/h4-10,12,19H,11H2,1-3H3. The van der Waals surface area contributed by atoms with Gasteiger partial charge in [-0.05, 0) is 11.5 Å². The summed E-state index contributed by atoms with van der Waals surface area (Å²) in [5.74, 6) is 0. The number of fused-ring (bicyclic) bond motifs is 1. The SMILES string of the molecule is CC(C)(C)c1csc(CNc2cccc3ccccc23)n1. The van der Waals surface area contributed by atoms with Crippen LogP contribution in [-0.4, -0.2) is 4.98 Å². The molecule has 1 heterocycles. The lowest BCUT2D eigenvalue weighted by atomic mass is 9.93. The van der Waals surface area contributed by atoms with E-state index >= 15 is 0 Å². The molecule has 0 aliphatic rings. The van der Waals surface area contributed by atoms with Gasteiger partial charge in [0.15, 0.2) is 0 Å². The van der Waals surface area contributed by atoms with Crippen molar-refractivity contribution in [2.45, 2.75) is 32.7 Å². The highest BCUT2D eigenvalue weighted by Crippen LogP contribution is 2.26. The van der Waals surface area contributed by atoms with Crippen molar-refractivity contribution in [3.8, 4) is 0 Å². The van der Waals surface area contributed by atoms with Crippen molar-refractivity contribution in [2.24, 2.45) is 0 Å². The van der Waals surface area contributed by atoms with Crippen molar-refractivity contribution >= 4 is 27.8 Å². The zero-order valence-corrected chi connectivity index (χ0v) is 13.5. The monoisotopic (exact) mass is 296 g/mol. The molecule has 0 amide bonds. The van der Waals surface area contributed by atoms with Crippen LogP contribution >= 0.6 is 11.3 Å². The maximum absolute atomic E-state index is 4.73. The number of nitrogens with one attached hydrogen (secondary N) is 1. The van der Waals surface area contributed by atoms with E-state index < -0.39 is 0 Å². The zero-order chi connectivity index (χ0) is 14.9. The Morgan fingerprint density at radius 1 is 1.05 bits per heavy atom. The summed E-state index contributed by atoms with van der Waals surface area (Å²) in [6.07, 6.45) is 0. The number of thiazole rings is 1. The molecule has 0 atom stereocenters. The summed E-state index contributed by atoms with van der Waals surface area (Å²) in [5.41, 5.74) is 2.46. The van der Waals surface area contributed by atoms with Crippen LogP contribution < -0.4 is 5.32 Å². The fraction of sp³-hybridized carbons (Fsp3) is 0.278. The average molecular weight is 296 g/mol. The van der Waals surface area contributed by atoms with Gasteiger partial charge < -0.3 is 5.32 Å². The molecule has 0 aliphatic heterocycles. The van der Waals surface area contributed by atoms with Crippen LogP contribution in [-0.2, 0) is 12.0 Å². The lowest BCUT2D eigenvalue weighted by Crippen LogP contribution is -2.11. The van der Waals surface area contributed by atoms with Gasteiger partial charge in [0.2, 0.25) is 0 Å². The second-order valence-corrected chi connectivity index (χ2v) is 7.20. The summed E-state index contributed by atoms with van der Waals surface area (Å²) in [6.45, 7) is 7.37. The van der Waals surface area contributed by atoms with E-state index in [9.17, 15) is 0 Å². The minimum absolute atomic E-state index is 0.119. The first-order chi connectivity index (χ1) is 10.0. The predicted octanol–water partition coefficient (Wildman–Crippen LogP) is 5.21. The van der Waals surface area contributed by atoms with E-state index in [0.717, 1.165) is 11.6 Å². The minimum atomic E-state index is 0.119. The van der Waals surface area contributed by atoms with Gasteiger partial charge in [-0.25, -0.2) is 4.98 Å². The Labute approximate surface area is 129 Å². The zero-order valence-electron chi connectivity index (χ0n) is 12.7. The van der Waals surface area contributed by atoms with E-state index in [1.54, 1.807) is 11.3 Å². The molecule has 0 radical (unpaired) electrons. The Bertz CT molecular complexity index is 748. The fourth-order valence-electron chi connectivity index (χ4n) is 2.29. The van der Waals surface area contributed by atoms with Crippen molar-refractivity contribution in [3.05, 3.63) is 58.5 Å². The number of hydrogen-bond acceptors (Lipinski definition) is 3. The highest BCUT2D eigenvalue weighted by molar-refractivity contribution is 7.09. The second-order valence-electron chi connectivity index (χ2n) is 6.26. The van der Waals surface area contributed by atoms with E-state index in [1.807, 2.05) is 0 Å². The van der Waals surface area contributed by atoms with Crippen LogP contribution in [0.4, 0.5) is 5.69 Å². The quantitative estimate of drug-likeness (QED) is 0.718. The molecule has 0 spiro atoms. The molecule has 3 rings (SSSR count). The molecule has 0 saturated heterocycles. The maximum Gasteiger partial charge on any atom is 0.112 e. The van der Waals surface area contributed by atoms with E-state index in [0.29, 0.717) is 0 Å². The molecule has 0 bridgehead atoms. The first-order valence-electron chi connectivity index (χ1n) is 7.20. The molecular weight excluding hydrogens is 276 g/mol. The van der Waals surface area contributed by atoms with Crippen LogP contribution in [0.2, 0.25) is 0 Å². The molecule has 1 aromatic heterocycles. The number of benzene rings is 2. The van der Waals surface area contributed by atoms with Crippen LogP contribution in [0.25, 0.3) is 10.8 Å². The van der Waals surface area contributed by atoms with Crippen molar-refractivity contribution in [3.63, 3.8) is 0 Å². The van der Waals surface area contributed by atoms with Gasteiger partial charge in [0, 0.05) is 21.9 Å². The van der Waals surface area contributed by atoms with Gasteiger partial charge in [-0.1, -0.05) is 57.2 Å². The summed E-state index contributed by atoms with van der Waals surface area (Å²) >= 11 is 1.73. The van der Waals surface area contributed by atoms with Gasteiger partial charge >= 0.3 is 0 Å². The first-order valence-corrected chi connectivity index (χ1v) is 8.08. The molecule has 3 aromatic rings. The van der Waals surface area contributed by atoms with Gasteiger partial charge in [-0.15, -0.1) is 11.3 Å². The van der Waals surface area contributed by atoms with Crippen LogP contribution in [0, 0.1) is 0 Å². The number of hydrogen-bond donors (Lipinski definition) is 1. The van der Waals surface area contributed by atoms with E-state index in [4.69, 9.17) is 4.98 Å². The normalized spacial score (nSPS) is 11.8. The van der Waals surface area contributed by atoms with Crippen molar-refractivity contribution < 1.29 is 0 Å². The molecule has 0 fully saturated rings. The highest BCUT2D eigenvalue weighted by Gasteiger charge is 2.17. The topological polar surface area (TPSA) is 24.9 Å². The van der Waals surface area contributed by atoms with Crippen LogP contribution in [0.3, 0.4) is 0 Å². The number of anilines is 1. The van der Waals surface area contributed by atoms with Gasteiger partial charge in [0.1, 0.15) is 5.01 Å². The Kier molecular flexibility index (Phi) is 3.68. The average Bonchev–Trinajstić information content (AvgIpc) is 2.94. The molecular formula is C18H20N2S. The third kappa shape index (κ3) is 3.08. The minimum Gasteiger partial charge on any atom is -0.378 e. The second kappa shape index (κ2) is 5.49. The van der Waals surface area contributed by atoms with Crippen LogP contribution in [0.1, 0.15) is 31.5 Å². The van der Waals surface area contributed by atoms with Crippen molar-refractivity contribution in [1.29, 1.82) is 0 Å². The van der Waals surface area contributed by atoms with Gasteiger partial charge in [0.25, 0.3) is 0 Å². The van der Waals surface area contributed by atoms with Crippen molar-refractivity contribution in [1.82, 2.24) is 4.98 Å². The van der Waals surface area contributed by atoms with Gasteiger partial charge in [0.05, 0.1) is 12.2 Å². The molecule has 108 valence electrons. The Hall–Kier alpha value is -1.87. The molecule has 2 aromatic carbocycles. The molecule has 21 heavy (non-hydrogen) atoms. The Morgan fingerprint density at radius 2 is 1.81 bits per heavy atom. The molecule has 0 aliphatic carbocycles. The predicted molar refractivity (Wildman–Crippen MR) is 92.1 cm³/mol. The van der Waals surface area contributed by atoms with E-state index in [-0.39, 0.29) is 5.41 Å². The number of nitrogens with zero attached hydrogens (tertiary/aromatic N) is 1. The lowest BCUT2D eigenvalue weighted by Gasteiger charge is -2.14.